The first-order valence-electron chi connectivity index (χ1n) is 6.51. The van der Waals surface area contributed by atoms with Gasteiger partial charge in [0.15, 0.2) is 0 Å². The molecule has 0 spiro atoms. The monoisotopic (exact) mass is 310 g/mol. The van der Waals surface area contributed by atoms with Gasteiger partial charge in [-0.1, -0.05) is 0 Å². The second-order valence-electron chi connectivity index (χ2n) is 4.56. The van der Waals surface area contributed by atoms with Crippen LogP contribution >= 0.6 is 0 Å². The van der Waals surface area contributed by atoms with Crippen molar-refractivity contribution in [1.82, 2.24) is 19.9 Å². The van der Waals surface area contributed by atoms with Gasteiger partial charge in [0.2, 0.25) is 10.0 Å². The van der Waals surface area contributed by atoms with E-state index in [1.807, 2.05) is 6.92 Å². The molecule has 7 nitrogen and oxygen atoms in total. The maximum absolute atomic E-state index is 12.2. The van der Waals surface area contributed by atoms with Gasteiger partial charge in [-0.3, -0.25) is 5.10 Å². The standard InChI is InChI=1S/C13H18N4O3S/c1-10-8-11(5-6-12(10)20-2)21(18,19)16-7-3-4-13-14-9-15-17-13/h5-6,8-9,16H,3-4,7H2,1-2H3,(H,14,15,17). The van der Waals surface area contributed by atoms with Crippen molar-refractivity contribution >= 4 is 10.0 Å². The van der Waals surface area contributed by atoms with Crippen LogP contribution in [0.5, 0.6) is 5.75 Å². The molecule has 0 bridgehead atoms. The van der Waals surface area contributed by atoms with E-state index in [0.717, 1.165) is 11.4 Å². The van der Waals surface area contributed by atoms with Crippen LogP contribution in [0.25, 0.3) is 0 Å². The van der Waals surface area contributed by atoms with Crippen LogP contribution in [-0.4, -0.2) is 37.3 Å². The van der Waals surface area contributed by atoms with Crippen molar-refractivity contribution < 1.29 is 13.2 Å². The number of aromatic nitrogens is 3. The molecule has 0 amide bonds. The zero-order chi connectivity index (χ0) is 15.3. The lowest BCUT2D eigenvalue weighted by atomic mass is 10.2. The topological polar surface area (TPSA) is 97.0 Å². The van der Waals surface area contributed by atoms with E-state index in [2.05, 4.69) is 19.9 Å². The summed E-state index contributed by atoms with van der Waals surface area (Å²) in [5.41, 5.74) is 0.780. The molecule has 2 rings (SSSR count). The number of H-pyrrole nitrogens is 1. The molecule has 1 heterocycles. The molecule has 0 atom stereocenters. The van der Waals surface area contributed by atoms with Crippen LogP contribution in [0.2, 0.25) is 0 Å². The first kappa shape index (κ1) is 15.5. The molecular formula is C13H18N4O3S. The normalized spacial score (nSPS) is 11.5. The van der Waals surface area contributed by atoms with Crippen molar-refractivity contribution in [2.75, 3.05) is 13.7 Å². The third kappa shape index (κ3) is 4.02. The number of benzene rings is 1. The number of aryl methyl sites for hydroxylation is 2. The lowest BCUT2D eigenvalue weighted by molar-refractivity contribution is 0.411. The fourth-order valence-corrected chi connectivity index (χ4v) is 3.07. The molecule has 1 aromatic carbocycles. The molecular weight excluding hydrogens is 292 g/mol. The van der Waals surface area contributed by atoms with Gasteiger partial charge in [-0.05, 0) is 37.1 Å². The third-order valence-corrected chi connectivity index (χ3v) is 4.48. The Morgan fingerprint density at radius 3 is 2.81 bits per heavy atom. The van der Waals surface area contributed by atoms with Crippen LogP contribution < -0.4 is 9.46 Å². The summed E-state index contributed by atoms with van der Waals surface area (Å²) in [6, 6.07) is 4.78. The van der Waals surface area contributed by atoms with Gasteiger partial charge in [-0.15, -0.1) is 0 Å². The number of nitrogens with one attached hydrogen (secondary N) is 2. The zero-order valence-corrected chi connectivity index (χ0v) is 12.8. The minimum atomic E-state index is -3.50. The Hall–Kier alpha value is -1.93. The summed E-state index contributed by atoms with van der Waals surface area (Å²) in [5.74, 6) is 1.41. The van der Waals surface area contributed by atoms with Crippen molar-refractivity contribution in [2.45, 2.75) is 24.7 Å². The Balaban J connectivity index is 1.93. The molecule has 0 saturated carbocycles. The van der Waals surface area contributed by atoms with Gasteiger partial charge >= 0.3 is 0 Å². The van der Waals surface area contributed by atoms with E-state index in [0.29, 0.717) is 25.1 Å². The van der Waals surface area contributed by atoms with Crippen molar-refractivity contribution in [1.29, 1.82) is 0 Å². The van der Waals surface area contributed by atoms with Crippen LogP contribution in [0.4, 0.5) is 0 Å². The first-order chi connectivity index (χ1) is 10.0. The molecule has 1 aromatic heterocycles. The number of aromatic amines is 1. The molecule has 8 heteroatoms. The van der Waals surface area contributed by atoms with Gasteiger partial charge in [-0.25, -0.2) is 18.1 Å². The summed E-state index contributed by atoms with van der Waals surface area (Å²) in [4.78, 5) is 4.22. The molecule has 0 radical (unpaired) electrons. The second-order valence-corrected chi connectivity index (χ2v) is 6.33. The summed E-state index contributed by atoms with van der Waals surface area (Å²) in [6.07, 6.45) is 2.72. The van der Waals surface area contributed by atoms with Gasteiger partial charge in [-0.2, -0.15) is 5.10 Å². The van der Waals surface area contributed by atoms with E-state index in [1.54, 1.807) is 19.2 Å². The smallest absolute Gasteiger partial charge is 0.240 e. The lowest BCUT2D eigenvalue weighted by Crippen LogP contribution is -2.25. The van der Waals surface area contributed by atoms with Crippen molar-refractivity contribution in [3.63, 3.8) is 0 Å². The number of ether oxygens (including phenoxy) is 1. The fraction of sp³-hybridized carbons (Fsp3) is 0.385. The molecule has 0 fully saturated rings. The highest BCUT2D eigenvalue weighted by Gasteiger charge is 2.14. The SMILES string of the molecule is COc1ccc(S(=O)(=O)NCCCc2ncn[nH]2)cc1C. The number of nitrogens with zero attached hydrogens (tertiary/aromatic N) is 2. The highest BCUT2D eigenvalue weighted by atomic mass is 32.2. The second kappa shape index (κ2) is 6.68. The molecule has 21 heavy (non-hydrogen) atoms. The Morgan fingerprint density at radius 2 is 2.19 bits per heavy atom. The van der Waals surface area contributed by atoms with E-state index >= 15 is 0 Å². The highest BCUT2D eigenvalue weighted by molar-refractivity contribution is 7.89. The Morgan fingerprint density at radius 1 is 1.38 bits per heavy atom. The van der Waals surface area contributed by atoms with Gasteiger partial charge in [0.1, 0.15) is 17.9 Å². The van der Waals surface area contributed by atoms with Crippen molar-refractivity contribution in [3.8, 4) is 5.75 Å². The minimum Gasteiger partial charge on any atom is -0.496 e. The van der Waals surface area contributed by atoms with Crippen LogP contribution in [0.3, 0.4) is 0 Å². The summed E-state index contributed by atoms with van der Waals surface area (Å²) < 4.78 is 32.0. The minimum absolute atomic E-state index is 0.237. The Bertz CT molecular complexity index is 683. The van der Waals surface area contributed by atoms with Crippen molar-refractivity contribution in [2.24, 2.45) is 0 Å². The predicted octanol–water partition coefficient (Wildman–Crippen LogP) is 1.03. The van der Waals surface area contributed by atoms with Gasteiger partial charge < -0.3 is 4.74 Å². The zero-order valence-electron chi connectivity index (χ0n) is 12.0. The summed E-state index contributed by atoms with van der Waals surface area (Å²) >= 11 is 0. The molecule has 114 valence electrons. The first-order valence-corrected chi connectivity index (χ1v) is 8.00. The van der Waals surface area contributed by atoms with Crippen molar-refractivity contribution in [3.05, 3.63) is 35.9 Å². The summed E-state index contributed by atoms with van der Waals surface area (Å²) in [6.45, 7) is 2.15. The average molecular weight is 310 g/mol. The van der Waals surface area contributed by atoms with Gasteiger partial charge in [0.05, 0.1) is 12.0 Å². The molecule has 0 unspecified atom stereocenters. The maximum atomic E-state index is 12.2. The number of sulfonamides is 1. The number of hydrogen-bond acceptors (Lipinski definition) is 5. The molecule has 0 saturated heterocycles. The van der Waals surface area contributed by atoms with E-state index in [-0.39, 0.29) is 4.90 Å². The molecule has 2 aromatic rings. The lowest BCUT2D eigenvalue weighted by Gasteiger charge is -2.09. The molecule has 0 aliphatic rings. The van der Waals surface area contributed by atoms with Crippen LogP contribution in [0, 0.1) is 6.92 Å². The summed E-state index contributed by atoms with van der Waals surface area (Å²) in [7, 11) is -1.95. The molecule has 2 N–H and O–H groups in total. The van der Waals surface area contributed by atoms with E-state index in [9.17, 15) is 8.42 Å². The average Bonchev–Trinajstić information content (AvgIpc) is 2.97. The quantitative estimate of drug-likeness (QED) is 0.745. The predicted molar refractivity (Wildman–Crippen MR) is 77.6 cm³/mol. The molecule has 0 aliphatic carbocycles. The maximum Gasteiger partial charge on any atom is 0.240 e. The van der Waals surface area contributed by atoms with Crippen LogP contribution in [-0.2, 0) is 16.4 Å². The fourth-order valence-electron chi connectivity index (χ4n) is 1.92. The highest BCUT2D eigenvalue weighted by Crippen LogP contribution is 2.21. The number of methoxy groups -OCH3 is 1. The van der Waals surface area contributed by atoms with Gasteiger partial charge in [0, 0.05) is 13.0 Å². The largest absolute Gasteiger partial charge is 0.496 e. The van der Waals surface area contributed by atoms with Crippen LogP contribution in [0.1, 0.15) is 17.8 Å². The number of rotatable bonds is 7. The Kier molecular flexibility index (Phi) is 4.92. The van der Waals surface area contributed by atoms with E-state index < -0.39 is 10.0 Å². The van der Waals surface area contributed by atoms with Crippen LogP contribution in [0.15, 0.2) is 29.4 Å². The van der Waals surface area contributed by atoms with E-state index in [4.69, 9.17) is 4.74 Å². The van der Waals surface area contributed by atoms with E-state index in [1.165, 1.54) is 12.4 Å². The summed E-state index contributed by atoms with van der Waals surface area (Å²) in [5, 5.41) is 6.47. The third-order valence-electron chi connectivity index (χ3n) is 3.02. The van der Waals surface area contributed by atoms with Gasteiger partial charge in [0.25, 0.3) is 0 Å². The Labute approximate surface area is 123 Å². The number of hydrogen-bond donors (Lipinski definition) is 2. The molecule has 0 aliphatic heterocycles.